The molecule has 6 heteroatoms. The van der Waals surface area contributed by atoms with Gasteiger partial charge in [0, 0.05) is 24.5 Å². The van der Waals surface area contributed by atoms with E-state index in [9.17, 15) is 9.18 Å². The van der Waals surface area contributed by atoms with Gasteiger partial charge in [0.15, 0.2) is 5.82 Å². The van der Waals surface area contributed by atoms with Gasteiger partial charge in [-0.15, -0.1) is 0 Å². The largest absolute Gasteiger partial charge is 0.389 e. The molecule has 20 heavy (non-hydrogen) atoms. The van der Waals surface area contributed by atoms with Crippen molar-refractivity contribution in [1.82, 2.24) is 4.98 Å². The zero-order chi connectivity index (χ0) is 14.7. The zero-order valence-electron chi connectivity index (χ0n) is 10.7. The van der Waals surface area contributed by atoms with Gasteiger partial charge >= 0.3 is 0 Å². The van der Waals surface area contributed by atoms with Crippen LogP contribution in [0.3, 0.4) is 0 Å². The van der Waals surface area contributed by atoms with Crippen LogP contribution in [0.4, 0.5) is 10.1 Å². The van der Waals surface area contributed by atoms with Gasteiger partial charge in [0.1, 0.15) is 4.99 Å². The summed E-state index contributed by atoms with van der Waals surface area (Å²) in [7, 11) is 1.56. The molecule has 2 rings (SSSR count). The molecule has 1 aromatic carbocycles. The second-order valence-electron chi connectivity index (χ2n) is 4.13. The number of hydrogen-bond donors (Lipinski definition) is 1. The standard InChI is InChI=1S/C14H12FN3OS/c1-18(10-4-2-3-9(7-10)13(16)20)14(19)11-5-6-17-8-12(11)15/h2-8H,1H3,(H2,16,20). The first-order valence-electron chi connectivity index (χ1n) is 5.78. The van der Waals surface area contributed by atoms with Gasteiger partial charge in [-0.3, -0.25) is 9.78 Å². The Morgan fingerprint density at radius 1 is 1.40 bits per heavy atom. The van der Waals surface area contributed by atoms with Gasteiger partial charge in [0.2, 0.25) is 0 Å². The van der Waals surface area contributed by atoms with Crippen LogP contribution in [-0.2, 0) is 0 Å². The lowest BCUT2D eigenvalue weighted by Crippen LogP contribution is -2.27. The summed E-state index contributed by atoms with van der Waals surface area (Å²) in [6, 6.07) is 8.22. The Labute approximate surface area is 121 Å². The molecule has 0 aliphatic heterocycles. The number of nitrogens with two attached hydrogens (primary N) is 1. The number of anilines is 1. The Bertz CT molecular complexity index is 675. The number of hydrogen-bond acceptors (Lipinski definition) is 3. The number of benzene rings is 1. The molecular formula is C14H12FN3OS. The van der Waals surface area contributed by atoms with Crippen LogP contribution < -0.4 is 10.6 Å². The summed E-state index contributed by atoms with van der Waals surface area (Å²) in [4.78, 5) is 17.4. The van der Waals surface area contributed by atoms with Gasteiger partial charge in [-0.1, -0.05) is 24.4 Å². The zero-order valence-corrected chi connectivity index (χ0v) is 11.5. The quantitative estimate of drug-likeness (QED) is 0.879. The fraction of sp³-hybridized carbons (Fsp3) is 0.0714. The molecule has 102 valence electrons. The second-order valence-corrected chi connectivity index (χ2v) is 4.57. The molecule has 0 aliphatic carbocycles. The smallest absolute Gasteiger partial charge is 0.261 e. The molecule has 2 aromatic rings. The topological polar surface area (TPSA) is 59.2 Å². The normalized spacial score (nSPS) is 10.1. The van der Waals surface area contributed by atoms with Crippen molar-refractivity contribution in [2.24, 2.45) is 5.73 Å². The van der Waals surface area contributed by atoms with Crippen molar-refractivity contribution in [3.05, 3.63) is 59.7 Å². The van der Waals surface area contributed by atoms with Crippen LogP contribution in [0.5, 0.6) is 0 Å². The third-order valence-electron chi connectivity index (χ3n) is 2.83. The third kappa shape index (κ3) is 2.80. The first kappa shape index (κ1) is 14.1. The van der Waals surface area contributed by atoms with Gasteiger partial charge in [0.25, 0.3) is 5.91 Å². The van der Waals surface area contributed by atoms with E-state index in [1.807, 2.05) is 0 Å². The van der Waals surface area contributed by atoms with E-state index in [-0.39, 0.29) is 10.6 Å². The molecule has 1 amide bonds. The Hall–Kier alpha value is -2.34. The molecule has 0 radical (unpaired) electrons. The van der Waals surface area contributed by atoms with Crippen molar-refractivity contribution in [3.8, 4) is 0 Å². The molecule has 1 aromatic heterocycles. The summed E-state index contributed by atoms with van der Waals surface area (Å²) in [6.45, 7) is 0. The van der Waals surface area contributed by atoms with Crippen molar-refractivity contribution in [2.75, 3.05) is 11.9 Å². The van der Waals surface area contributed by atoms with E-state index in [0.717, 1.165) is 6.20 Å². The van der Waals surface area contributed by atoms with E-state index in [2.05, 4.69) is 4.98 Å². The third-order valence-corrected chi connectivity index (χ3v) is 3.06. The van der Waals surface area contributed by atoms with Gasteiger partial charge in [0.05, 0.1) is 11.8 Å². The van der Waals surface area contributed by atoms with E-state index < -0.39 is 11.7 Å². The van der Waals surface area contributed by atoms with Gasteiger partial charge in [-0.25, -0.2) is 4.39 Å². The van der Waals surface area contributed by atoms with Crippen molar-refractivity contribution < 1.29 is 9.18 Å². The van der Waals surface area contributed by atoms with Crippen molar-refractivity contribution >= 4 is 28.8 Å². The molecule has 0 bridgehead atoms. The minimum Gasteiger partial charge on any atom is -0.389 e. The number of halogens is 1. The SMILES string of the molecule is CN(C(=O)c1ccncc1F)c1cccc(C(N)=S)c1. The molecule has 4 nitrogen and oxygen atoms in total. The molecule has 2 N–H and O–H groups in total. The van der Waals surface area contributed by atoms with Crippen LogP contribution >= 0.6 is 12.2 Å². The van der Waals surface area contributed by atoms with Gasteiger partial charge in [-0.2, -0.15) is 0 Å². The van der Waals surface area contributed by atoms with Gasteiger partial charge < -0.3 is 10.6 Å². The minimum absolute atomic E-state index is 0.0387. The maximum absolute atomic E-state index is 13.6. The summed E-state index contributed by atoms with van der Waals surface area (Å²) in [5.41, 5.74) is 6.74. The number of aromatic nitrogens is 1. The number of rotatable bonds is 3. The highest BCUT2D eigenvalue weighted by Crippen LogP contribution is 2.18. The first-order valence-corrected chi connectivity index (χ1v) is 6.19. The summed E-state index contributed by atoms with van der Waals surface area (Å²) in [5.74, 6) is -1.13. The van der Waals surface area contributed by atoms with Crippen LogP contribution in [0.1, 0.15) is 15.9 Å². The van der Waals surface area contributed by atoms with Crippen LogP contribution in [-0.4, -0.2) is 22.9 Å². The molecule has 1 heterocycles. The fourth-order valence-corrected chi connectivity index (χ4v) is 1.84. The van der Waals surface area contributed by atoms with E-state index in [4.69, 9.17) is 18.0 Å². The lowest BCUT2D eigenvalue weighted by molar-refractivity contribution is 0.0989. The van der Waals surface area contributed by atoms with E-state index in [0.29, 0.717) is 11.3 Å². The van der Waals surface area contributed by atoms with Crippen LogP contribution in [0.15, 0.2) is 42.7 Å². The van der Waals surface area contributed by atoms with E-state index >= 15 is 0 Å². The Morgan fingerprint density at radius 3 is 2.80 bits per heavy atom. The molecule has 0 aliphatic rings. The maximum atomic E-state index is 13.6. The second kappa shape index (κ2) is 5.75. The number of carbonyl (C=O) groups is 1. The molecule has 0 saturated carbocycles. The highest BCUT2D eigenvalue weighted by atomic mass is 32.1. The summed E-state index contributed by atoms with van der Waals surface area (Å²) >= 11 is 4.89. The molecule has 0 atom stereocenters. The van der Waals surface area contributed by atoms with E-state index in [1.54, 1.807) is 31.3 Å². The summed E-state index contributed by atoms with van der Waals surface area (Å²) in [6.07, 6.45) is 2.38. The molecular weight excluding hydrogens is 277 g/mol. The van der Waals surface area contributed by atoms with Crippen LogP contribution in [0.25, 0.3) is 0 Å². The van der Waals surface area contributed by atoms with Crippen molar-refractivity contribution in [1.29, 1.82) is 0 Å². The predicted molar refractivity (Wildman–Crippen MR) is 79.3 cm³/mol. The van der Waals surface area contributed by atoms with Gasteiger partial charge in [-0.05, 0) is 18.2 Å². The van der Waals surface area contributed by atoms with E-state index in [1.165, 1.54) is 17.2 Å². The molecule has 0 spiro atoms. The van der Waals surface area contributed by atoms with Crippen molar-refractivity contribution in [3.63, 3.8) is 0 Å². The van der Waals surface area contributed by atoms with Crippen LogP contribution in [0.2, 0.25) is 0 Å². The molecule has 0 saturated heterocycles. The fourth-order valence-electron chi connectivity index (χ4n) is 1.71. The average Bonchev–Trinajstić information content (AvgIpc) is 2.46. The Balaban J connectivity index is 2.34. The lowest BCUT2D eigenvalue weighted by atomic mass is 10.1. The monoisotopic (exact) mass is 289 g/mol. The summed E-state index contributed by atoms with van der Waals surface area (Å²) < 4.78 is 13.6. The highest BCUT2D eigenvalue weighted by molar-refractivity contribution is 7.80. The molecule has 0 unspecified atom stereocenters. The molecule has 0 fully saturated rings. The number of thiocarbonyl (C=S) groups is 1. The number of amides is 1. The first-order chi connectivity index (χ1) is 9.50. The predicted octanol–water partition coefficient (Wildman–Crippen LogP) is 2.13. The highest BCUT2D eigenvalue weighted by Gasteiger charge is 2.17. The average molecular weight is 289 g/mol. The Morgan fingerprint density at radius 2 is 2.15 bits per heavy atom. The number of pyridine rings is 1. The number of nitrogens with zero attached hydrogens (tertiary/aromatic N) is 2. The lowest BCUT2D eigenvalue weighted by Gasteiger charge is -2.18. The number of carbonyl (C=O) groups excluding carboxylic acids is 1. The van der Waals surface area contributed by atoms with Crippen molar-refractivity contribution in [2.45, 2.75) is 0 Å². The summed E-state index contributed by atoms with van der Waals surface area (Å²) in [5, 5.41) is 0. The maximum Gasteiger partial charge on any atom is 0.261 e. The minimum atomic E-state index is -0.658. The Kier molecular flexibility index (Phi) is 4.05. The van der Waals surface area contributed by atoms with Crippen LogP contribution in [0, 0.1) is 5.82 Å².